The second kappa shape index (κ2) is 6.97. The first-order chi connectivity index (χ1) is 14.8. The molecule has 1 aliphatic rings. The Bertz CT molecular complexity index is 1290. The molecule has 4 aromatic rings. The topological polar surface area (TPSA) is 105 Å². The molecule has 30 heavy (non-hydrogen) atoms. The maximum atomic E-state index is 9.30. The lowest BCUT2D eigenvalue weighted by Crippen LogP contribution is -2.25. The van der Waals surface area contributed by atoms with E-state index in [0.29, 0.717) is 56.8 Å². The van der Waals surface area contributed by atoms with Gasteiger partial charge in [0.1, 0.15) is 28.5 Å². The van der Waals surface area contributed by atoms with Crippen LogP contribution in [0.25, 0.3) is 27.9 Å². The minimum absolute atomic E-state index is 0.347. The summed E-state index contributed by atoms with van der Waals surface area (Å²) in [7, 11) is 0. The molecule has 3 aromatic heterocycles. The van der Waals surface area contributed by atoms with E-state index in [1.807, 2.05) is 30.5 Å². The minimum Gasteiger partial charge on any atom is -0.463 e. The highest BCUT2D eigenvalue weighted by Gasteiger charge is 2.33. The molecule has 0 amide bonds. The summed E-state index contributed by atoms with van der Waals surface area (Å²) in [6.45, 7) is 7.28. The van der Waals surface area contributed by atoms with Crippen LogP contribution in [0.1, 0.15) is 22.5 Å². The summed E-state index contributed by atoms with van der Waals surface area (Å²) >= 11 is 0. The van der Waals surface area contributed by atoms with Gasteiger partial charge in [-0.1, -0.05) is 24.3 Å². The number of nitriles is 1. The molecule has 8 nitrogen and oxygen atoms in total. The second-order valence-electron chi connectivity index (χ2n) is 6.23. The summed E-state index contributed by atoms with van der Waals surface area (Å²) in [6, 6.07) is 14.3. The van der Waals surface area contributed by atoms with Crippen molar-refractivity contribution in [3.8, 4) is 29.1 Å². The summed E-state index contributed by atoms with van der Waals surface area (Å²) in [5, 5.41) is 13.3. The van der Waals surface area contributed by atoms with Crippen LogP contribution in [-0.2, 0) is 0 Å². The van der Waals surface area contributed by atoms with E-state index < -0.39 is 0 Å². The van der Waals surface area contributed by atoms with Gasteiger partial charge in [-0.2, -0.15) is 16.8 Å². The van der Waals surface area contributed by atoms with Crippen molar-refractivity contribution in [1.82, 2.24) is 9.97 Å². The predicted octanol–water partition coefficient (Wildman–Crippen LogP) is 4.30. The molecule has 0 bridgehead atoms. The Labute approximate surface area is 170 Å². The zero-order chi connectivity index (χ0) is 20.5. The molecular weight excluding hydrogens is 380 g/mol. The highest BCUT2D eigenvalue weighted by atomic mass is 16.3. The molecule has 0 unspecified atom stereocenters. The van der Waals surface area contributed by atoms with Crippen LogP contribution in [0.15, 0.2) is 80.0 Å². The van der Waals surface area contributed by atoms with Gasteiger partial charge < -0.3 is 8.83 Å². The molecule has 0 radical (unpaired) electrons. The van der Waals surface area contributed by atoms with Gasteiger partial charge in [-0.3, -0.25) is 0 Å². The summed E-state index contributed by atoms with van der Waals surface area (Å²) < 4.78 is 11.1. The van der Waals surface area contributed by atoms with Crippen LogP contribution >= 0.6 is 0 Å². The monoisotopic (exact) mass is 390 g/mol. The first-order valence-corrected chi connectivity index (χ1v) is 8.83. The third-order valence-corrected chi connectivity index (χ3v) is 4.60. The minimum atomic E-state index is 0.347. The quantitative estimate of drug-likeness (QED) is 0.254. The van der Waals surface area contributed by atoms with E-state index in [1.54, 1.807) is 24.3 Å². The third-order valence-electron chi connectivity index (χ3n) is 4.60. The van der Waals surface area contributed by atoms with Gasteiger partial charge in [0.15, 0.2) is 17.2 Å². The van der Waals surface area contributed by atoms with E-state index >= 15 is 0 Å². The highest BCUT2D eigenvalue weighted by molar-refractivity contribution is 6.30. The average molecular weight is 390 g/mol. The van der Waals surface area contributed by atoms with Gasteiger partial charge in [-0.05, 0) is 24.3 Å². The van der Waals surface area contributed by atoms with Crippen LogP contribution in [-0.4, -0.2) is 21.4 Å². The predicted molar refractivity (Wildman–Crippen MR) is 107 cm³/mol. The second-order valence-corrected chi connectivity index (χ2v) is 6.23. The van der Waals surface area contributed by atoms with Crippen molar-refractivity contribution in [1.29, 1.82) is 5.26 Å². The SMILES string of the molecule is [C-]#[N+]/N=C1/c2ccccc2C(=NC#N)c2nc(-c3ccco3)c(-c3ccco3)nc21. The largest absolute Gasteiger partial charge is 0.463 e. The fraction of sp³-hybridized carbons (Fsp3) is 0. The summed E-state index contributed by atoms with van der Waals surface area (Å²) in [4.78, 5) is 16.7. The van der Waals surface area contributed by atoms with Crippen LogP contribution < -0.4 is 0 Å². The molecule has 0 saturated carbocycles. The number of hydrogen-bond acceptors (Lipinski definition) is 7. The molecule has 5 rings (SSSR count). The molecule has 0 fully saturated rings. The highest BCUT2D eigenvalue weighted by Crippen LogP contribution is 2.34. The van der Waals surface area contributed by atoms with E-state index in [-0.39, 0.29) is 0 Å². The van der Waals surface area contributed by atoms with Gasteiger partial charge in [0.2, 0.25) is 6.19 Å². The Balaban J connectivity index is 1.90. The van der Waals surface area contributed by atoms with Crippen LogP contribution in [0.3, 0.4) is 0 Å². The van der Waals surface area contributed by atoms with Crippen molar-refractivity contribution in [2.45, 2.75) is 0 Å². The normalized spacial score (nSPS) is 14.7. The lowest BCUT2D eigenvalue weighted by molar-refractivity contribution is 0.571. The third kappa shape index (κ3) is 2.60. The molecule has 140 valence electrons. The fourth-order valence-corrected chi connectivity index (χ4v) is 3.40. The maximum absolute atomic E-state index is 9.30. The number of furan rings is 2. The van der Waals surface area contributed by atoms with Crippen LogP contribution in [0.2, 0.25) is 0 Å². The Morgan fingerprint density at radius 3 is 1.87 bits per heavy atom. The summed E-state index contributed by atoms with van der Waals surface area (Å²) in [5.74, 6) is 0.965. The zero-order valence-electron chi connectivity index (χ0n) is 15.3. The van der Waals surface area contributed by atoms with Gasteiger partial charge in [-0.15, -0.1) is 4.95 Å². The molecule has 1 aliphatic carbocycles. The lowest BCUT2D eigenvalue weighted by Gasteiger charge is -2.20. The number of benzene rings is 1. The molecule has 0 atom stereocenters. The summed E-state index contributed by atoms with van der Waals surface area (Å²) in [6.07, 6.45) is 4.91. The average Bonchev–Trinajstić information content (AvgIpc) is 3.49. The Hall–Kier alpha value is -4.82. The van der Waals surface area contributed by atoms with Crippen molar-refractivity contribution in [3.05, 3.63) is 95.1 Å². The van der Waals surface area contributed by atoms with E-state index in [0.717, 1.165) is 0 Å². The fourth-order valence-electron chi connectivity index (χ4n) is 3.40. The van der Waals surface area contributed by atoms with E-state index in [1.165, 1.54) is 12.5 Å². The molecule has 0 N–H and O–H groups in total. The lowest BCUT2D eigenvalue weighted by atomic mass is 9.88. The first kappa shape index (κ1) is 17.3. The Morgan fingerprint density at radius 2 is 1.37 bits per heavy atom. The van der Waals surface area contributed by atoms with Crippen molar-refractivity contribution in [2.75, 3.05) is 0 Å². The maximum Gasteiger partial charge on any atom is 0.206 e. The smallest absolute Gasteiger partial charge is 0.206 e. The van der Waals surface area contributed by atoms with Gasteiger partial charge in [0, 0.05) is 11.1 Å². The van der Waals surface area contributed by atoms with Gasteiger partial charge in [0.25, 0.3) is 0 Å². The Kier molecular flexibility index (Phi) is 4.02. The number of hydrogen-bond donors (Lipinski definition) is 0. The van der Waals surface area contributed by atoms with E-state index in [4.69, 9.17) is 25.4 Å². The van der Waals surface area contributed by atoms with Crippen molar-refractivity contribution in [2.24, 2.45) is 10.1 Å². The number of fused-ring (bicyclic) bond motifs is 2. The van der Waals surface area contributed by atoms with Gasteiger partial charge >= 0.3 is 0 Å². The molecule has 1 aromatic carbocycles. The number of aliphatic imine (C=N–C) groups is 1. The standard InChI is InChI=1S/C22H10N6O2/c1-24-28-18-14-7-3-2-6-13(14)17(25-12-23)21-22(18)27-20(16-9-5-11-30-16)19(26-21)15-8-4-10-29-15/h2-11H/b25-17?,28-18-. The van der Waals surface area contributed by atoms with Gasteiger partial charge in [-0.25, -0.2) is 9.97 Å². The molecular formula is C22H10N6O2. The molecule has 0 aliphatic heterocycles. The molecule has 8 heteroatoms. The molecule has 0 spiro atoms. The van der Waals surface area contributed by atoms with Crippen molar-refractivity contribution in [3.63, 3.8) is 0 Å². The molecule has 3 heterocycles. The van der Waals surface area contributed by atoms with E-state index in [2.05, 4.69) is 15.0 Å². The molecule has 0 saturated heterocycles. The van der Waals surface area contributed by atoms with E-state index in [9.17, 15) is 5.26 Å². The van der Waals surface area contributed by atoms with Gasteiger partial charge in [0.05, 0.1) is 17.6 Å². The van der Waals surface area contributed by atoms with Crippen molar-refractivity contribution >= 4 is 11.4 Å². The zero-order valence-corrected chi connectivity index (χ0v) is 15.3. The van der Waals surface area contributed by atoms with Crippen molar-refractivity contribution < 1.29 is 8.83 Å². The van der Waals surface area contributed by atoms with Crippen LogP contribution in [0.4, 0.5) is 0 Å². The van der Waals surface area contributed by atoms with Crippen LogP contribution in [0.5, 0.6) is 0 Å². The number of aromatic nitrogens is 2. The Morgan fingerprint density at radius 1 is 0.800 bits per heavy atom. The number of rotatable bonds is 2. The first-order valence-electron chi connectivity index (χ1n) is 8.83. The summed E-state index contributed by atoms with van der Waals surface area (Å²) in [5.41, 5.74) is 3.58. The number of nitrogens with zero attached hydrogens (tertiary/aromatic N) is 6. The van der Waals surface area contributed by atoms with Crippen LogP contribution in [0, 0.1) is 18.0 Å².